The molecule has 1 aliphatic carbocycles. The summed E-state index contributed by atoms with van der Waals surface area (Å²) in [6.45, 7) is 3.19. The molecule has 0 aromatic rings. The van der Waals surface area contributed by atoms with E-state index < -0.39 is 0 Å². The average Bonchev–Trinajstić information content (AvgIpc) is 2.60. The number of rotatable bonds is 6. The molecule has 0 bridgehead atoms. The van der Waals surface area contributed by atoms with Crippen molar-refractivity contribution in [3.05, 3.63) is 0 Å². The van der Waals surface area contributed by atoms with Crippen molar-refractivity contribution in [2.45, 2.75) is 51.1 Å². The third kappa shape index (κ3) is 5.14. The van der Waals surface area contributed by atoms with E-state index in [1.165, 1.54) is 6.42 Å². The zero-order chi connectivity index (χ0) is 11.1. The van der Waals surface area contributed by atoms with E-state index in [-0.39, 0.29) is 5.97 Å². The Kier molecular flexibility index (Phi) is 5.65. The highest BCUT2D eigenvalue weighted by atomic mass is 16.5. The van der Waals surface area contributed by atoms with Gasteiger partial charge in [-0.05, 0) is 39.2 Å². The van der Waals surface area contributed by atoms with E-state index >= 15 is 0 Å². The first-order valence-corrected chi connectivity index (χ1v) is 5.87. The summed E-state index contributed by atoms with van der Waals surface area (Å²) in [4.78, 5) is 11.0. The summed E-state index contributed by atoms with van der Waals surface area (Å²) in [5.74, 6) is -0.0950. The highest BCUT2D eigenvalue weighted by molar-refractivity contribution is 5.69. The predicted molar refractivity (Wildman–Crippen MR) is 59.5 cm³/mol. The molecule has 2 unspecified atom stereocenters. The average molecular weight is 214 g/mol. The van der Waals surface area contributed by atoms with Crippen LogP contribution in [0.15, 0.2) is 0 Å². The molecule has 1 rings (SSSR count). The van der Waals surface area contributed by atoms with E-state index in [4.69, 9.17) is 10.5 Å². The zero-order valence-electron chi connectivity index (χ0n) is 9.50. The van der Waals surface area contributed by atoms with Crippen LogP contribution in [0.4, 0.5) is 0 Å². The van der Waals surface area contributed by atoms with Crippen molar-refractivity contribution in [2.75, 3.05) is 13.2 Å². The van der Waals surface area contributed by atoms with Crippen molar-refractivity contribution in [3.63, 3.8) is 0 Å². The Morgan fingerprint density at radius 2 is 2.33 bits per heavy atom. The van der Waals surface area contributed by atoms with Crippen LogP contribution in [0.2, 0.25) is 0 Å². The Morgan fingerprint density at radius 1 is 1.53 bits per heavy atom. The standard InChI is InChI=1S/C11H22N2O2/c1-2-15-11(14)4-3-7-13-10-6-5-9(12)8-10/h9-10,13H,2-8,12H2,1H3. The van der Waals surface area contributed by atoms with Crippen LogP contribution in [0.3, 0.4) is 0 Å². The van der Waals surface area contributed by atoms with Crippen LogP contribution in [0, 0.1) is 0 Å². The minimum atomic E-state index is -0.0950. The van der Waals surface area contributed by atoms with Crippen LogP contribution in [0.5, 0.6) is 0 Å². The molecule has 0 heterocycles. The molecule has 4 heteroatoms. The topological polar surface area (TPSA) is 64.3 Å². The first-order chi connectivity index (χ1) is 7.22. The Labute approximate surface area is 91.5 Å². The fraction of sp³-hybridized carbons (Fsp3) is 0.909. The summed E-state index contributed by atoms with van der Waals surface area (Å²) in [7, 11) is 0. The van der Waals surface area contributed by atoms with Crippen LogP contribution >= 0.6 is 0 Å². The van der Waals surface area contributed by atoms with Gasteiger partial charge in [0.25, 0.3) is 0 Å². The predicted octanol–water partition coefficient (Wildman–Crippen LogP) is 0.799. The van der Waals surface area contributed by atoms with Gasteiger partial charge in [0.15, 0.2) is 0 Å². The maximum absolute atomic E-state index is 11.0. The second kappa shape index (κ2) is 6.80. The number of nitrogens with two attached hydrogens (primary N) is 1. The van der Waals surface area contributed by atoms with Gasteiger partial charge in [-0.15, -0.1) is 0 Å². The molecule has 88 valence electrons. The van der Waals surface area contributed by atoms with Gasteiger partial charge in [0.05, 0.1) is 6.61 Å². The van der Waals surface area contributed by atoms with E-state index in [1.807, 2.05) is 6.92 Å². The van der Waals surface area contributed by atoms with Crippen LogP contribution in [-0.4, -0.2) is 31.2 Å². The molecule has 1 aliphatic rings. The highest BCUT2D eigenvalue weighted by Gasteiger charge is 2.20. The van der Waals surface area contributed by atoms with Crippen LogP contribution in [0.1, 0.15) is 39.0 Å². The van der Waals surface area contributed by atoms with Gasteiger partial charge in [-0.25, -0.2) is 0 Å². The molecule has 4 nitrogen and oxygen atoms in total. The van der Waals surface area contributed by atoms with E-state index in [0.717, 1.165) is 25.8 Å². The molecule has 0 saturated heterocycles. The van der Waals surface area contributed by atoms with Crippen molar-refractivity contribution < 1.29 is 9.53 Å². The number of esters is 1. The molecule has 15 heavy (non-hydrogen) atoms. The fourth-order valence-electron chi connectivity index (χ4n) is 1.97. The number of nitrogens with one attached hydrogen (secondary N) is 1. The number of carbonyl (C=O) groups excluding carboxylic acids is 1. The van der Waals surface area contributed by atoms with E-state index in [1.54, 1.807) is 0 Å². The Balaban J connectivity index is 1.95. The fourth-order valence-corrected chi connectivity index (χ4v) is 1.97. The molecule has 0 amide bonds. The van der Waals surface area contributed by atoms with Gasteiger partial charge in [-0.1, -0.05) is 0 Å². The lowest BCUT2D eigenvalue weighted by atomic mass is 10.2. The van der Waals surface area contributed by atoms with E-state index in [9.17, 15) is 4.79 Å². The summed E-state index contributed by atoms with van der Waals surface area (Å²) >= 11 is 0. The van der Waals surface area contributed by atoms with Crippen molar-refractivity contribution in [2.24, 2.45) is 5.73 Å². The smallest absolute Gasteiger partial charge is 0.305 e. The van der Waals surface area contributed by atoms with Crippen LogP contribution in [0.25, 0.3) is 0 Å². The second-order valence-corrected chi connectivity index (χ2v) is 4.13. The molecular weight excluding hydrogens is 192 g/mol. The molecule has 0 aliphatic heterocycles. The largest absolute Gasteiger partial charge is 0.466 e. The van der Waals surface area contributed by atoms with E-state index in [2.05, 4.69) is 5.32 Å². The zero-order valence-corrected chi connectivity index (χ0v) is 9.50. The summed E-state index contributed by atoms with van der Waals surface area (Å²) in [5.41, 5.74) is 5.80. The SMILES string of the molecule is CCOC(=O)CCCNC1CCC(N)C1. The first-order valence-electron chi connectivity index (χ1n) is 5.87. The maximum atomic E-state index is 11.0. The molecule has 0 spiro atoms. The van der Waals surface area contributed by atoms with Crippen LogP contribution in [-0.2, 0) is 9.53 Å². The molecule has 2 atom stereocenters. The van der Waals surface area contributed by atoms with Gasteiger partial charge in [0.1, 0.15) is 0 Å². The highest BCUT2D eigenvalue weighted by Crippen LogP contribution is 2.16. The monoisotopic (exact) mass is 214 g/mol. The normalized spacial score (nSPS) is 25.5. The molecule has 0 radical (unpaired) electrons. The third-order valence-corrected chi connectivity index (χ3v) is 2.77. The number of carbonyl (C=O) groups is 1. The van der Waals surface area contributed by atoms with Gasteiger partial charge in [0.2, 0.25) is 0 Å². The van der Waals surface area contributed by atoms with Gasteiger partial charge in [0, 0.05) is 18.5 Å². The Bertz CT molecular complexity index is 197. The lowest BCUT2D eigenvalue weighted by Gasteiger charge is -2.11. The number of hydrogen-bond donors (Lipinski definition) is 2. The molecule has 0 aromatic carbocycles. The Morgan fingerprint density at radius 3 is 2.93 bits per heavy atom. The van der Waals surface area contributed by atoms with Crippen molar-refractivity contribution in [1.82, 2.24) is 5.32 Å². The number of ether oxygens (including phenoxy) is 1. The van der Waals surface area contributed by atoms with Crippen LogP contribution < -0.4 is 11.1 Å². The van der Waals surface area contributed by atoms with Crippen molar-refractivity contribution in [1.29, 1.82) is 0 Å². The lowest BCUT2D eigenvalue weighted by Crippen LogP contribution is -2.29. The molecule has 1 saturated carbocycles. The summed E-state index contributed by atoms with van der Waals surface area (Å²) < 4.78 is 4.84. The Hall–Kier alpha value is -0.610. The molecule has 3 N–H and O–H groups in total. The van der Waals surface area contributed by atoms with E-state index in [0.29, 0.717) is 25.1 Å². The van der Waals surface area contributed by atoms with Crippen molar-refractivity contribution >= 4 is 5.97 Å². The lowest BCUT2D eigenvalue weighted by molar-refractivity contribution is -0.143. The third-order valence-electron chi connectivity index (χ3n) is 2.77. The summed E-state index contributed by atoms with van der Waals surface area (Å²) in [5, 5.41) is 3.42. The second-order valence-electron chi connectivity index (χ2n) is 4.13. The maximum Gasteiger partial charge on any atom is 0.305 e. The van der Waals surface area contributed by atoms with Gasteiger partial charge < -0.3 is 15.8 Å². The molecular formula is C11H22N2O2. The summed E-state index contributed by atoms with van der Waals surface area (Å²) in [6, 6.07) is 0.926. The molecule has 0 aromatic heterocycles. The van der Waals surface area contributed by atoms with Gasteiger partial charge in [-0.2, -0.15) is 0 Å². The minimum Gasteiger partial charge on any atom is -0.466 e. The van der Waals surface area contributed by atoms with Crippen molar-refractivity contribution in [3.8, 4) is 0 Å². The summed E-state index contributed by atoms with van der Waals surface area (Å²) in [6.07, 6.45) is 4.72. The first kappa shape index (κ1) is 12.5. The minimum absolute atomic E-state index is 0.0950. The van der Waals surface area contributed by atoms with Gasteiger partial charge in [-0.3, -0.25) is 4.79 Å². The number of hydrogen-bond acceptors (Lipinski definition) is 4. The van der Waals surface area contributed by atoms with Gasteiger partial charge >= 0.3 is 5.97 Å². The molecule has 1 fully saturated rings. The quantitative estimate of drug-likeness (QED) is 0.507.